The summed E-state index contributed by atoms with van der Waals surface area (Å²) in [7, 11) is 1.42. The molecule has 7 heteroatoms. The highest BCUT2D eigenvalue weighted by molar-refractivity contribution is 5.58. The second-order valence-electron chi connectivity index (χ2n) is 3.58. The molecule has 0 aromatic heterocycles. The second-order valence-corrected chi connectivity index (χ2v) is 3.58. The Hall–Kier alpha value is -1.86. The Kier molecular flexibility index (Phi) is 5.34. The minimum absolute atomic E-state index is 0.0924. The van der Waals surface area contributed by atoms with Gasteiger partial charge in [-0.15, -0.1) is 0 Å². The van der Waals surface area contributed by atoms with Gasteiger partial charge < -0.3 is 19.8 Å². The van der Waals surface area contributed by atoms with Crippen LogP contribution in [0.15, 0.2) is 18.2 Å². The molecule has 0 fully saturated rings. The molecule has 0 aliphatic carbocycles. The van der Waals surface area contributed by atoms with Gasteiger partial charge in [0.1, 0.15) is 5.75 Å². The summed E-state index contributed by atoms with van der Waals surface area (Å²) in [6, 6.07) is 4.33. The third-order valence-corrected chi connectivity index (χ3v) is 2.43. The van der Waals surface area contributed by atoms with Crippen LogP contribution in [0, 0.1) is 10.1 Å². The highest BCUT2D eigenvalue weighted by atomic mass is 16.6. The van der Waals surface area contributed by atoms with Gasteiger partial charge in [-0.2, -0.15) is 0 Å². The van der Waals surface area contributed by atoms with Gasteiger partial charge in [0.2, 0.25) is 0 Å². The number of benzene rings is 1. The van der Waals surface area contributed by atoms with Crippen molar-refractivity contribution in [3.8, 4) is 5.75 Å². The molecule has 0 saturated carbocycles. The van der Waals surface area contributed by atoms with Crippen LogP contribution < -0.4 is 9.64 Å². The number of hydrogen-bond donors (Lipinski definition) is 2. The van der Waals surface area contributed by atoms with Crippen LogP contribution in [0.5, 0.6) is 5.75 Å². The Morgan fingerprint density at radius 2 is 1.89 bits per heavy atom. The van der Waals surface area contributed by atoms with E-state index in [-0.39, 0.29) is 32.0 Å². The number of ether oxygens (including phenoxy) is 1. The topological polar surface area (TPSA) is 96.1 Å². The summed E-state index contributed by atoms with van der Waals surface area (Å²) in [6.07, 6.45) is 0. The Bertz CT molecular complexity index is 404. The molecule has 0 unspecified atom stereocenters. The summed E-state index contributed by atoms with van der Waals surface area (Å²) in [5.41, 5.74) is 0.439. The number of nitro groups is 1. The van der Waals surface area contributed by atoms with Crippen LogP contribution in [0.25, 0.3) is 0 Å². The van der Waals surface area contributed by atoms with E-state index in [2.05, 4.69) is 0 Å². The van der Waals surface area contributed by atoms with Crippen LogP contribution >= 0.6 is 0 Å². The molecule has 0 saturated heterocycles. The minimum Gasteiger partial charge on any atom is -0.496 e. The largest absolute Gasteiger partial charge is 0.496 e. The molecule has 0 heterocycles. The zero-order chi connectivity index (χ0) is 13.5. The van der Waals surface area contributed by atoms with Crippen LogP contribution in [0.3, 0.4) is 0 Å². The number of nitro benzene ring substituents is 1. The second kappa shape index (κ2) is 6.77. The first kappa shape index (κ1) is 14.2. The van der Waals surface area contributed by atoms with Crippen LogP contribution in [0.2, 0.25) is 0 Å². The molecule has 0 atom stereocenters. The van der Waals surface area contributed by atoms with Crippen molar-refractivity contribution in [1.82, 2.24) is 0 Å². The molecular weight excluding hydrogens is 240 g/mol. The van der Waals surface area contributed by atoms with E-state index in [1.54, 1.807) is 11.0 Å². The molecule has 1 rings (SSSR count). The van der Waals surface area contributed by atoms with Crippen molar-refractivity contribution in [2.24, 2.45) is 0 Å². The molecule has 0 bridgehead atoms. The lowest BCUT2D eigenvalue weighted by molar-refractivity contribution is -0.384. The lowest BCUT2D eigenvalue weighted by atomic mass is 10.2. The lowest BCUT2D eigenvalue weighted by Crippen LogP contribution is -2.29. The SMILES string of the molecule is COc1cc(N(CCO)CCO)cc([N+](=O)[O-])c1. The van der Waals surface area contributed by atoms with Gasteiger partial charge in [-0.05, 0) is 0 Å². The molecular formula is C11H16N2O5. The van der Waals surface area contributed by atoms with Crippen molar-refractivity contribution in [3.05, 3.63) is 28.3 Å². The zero-order valence-corrected chi connectivity index (χ0v) is 10.1. The third-order valence-electron chi connectivity index (χ3n) is 2.43. The molecule has 7 nitrogen and oxygen atoms in total. The molecule has 0 aliphatic heterocycles. The van der Waals surface area contributed by atoms with Crippen molar-refractivity contribution >= 4 is 11.4 Å². The number of nitrogens with zero attached hydrogens (tertiary/aromatic N) is 2. The first-order chi connectivity index (χ1) is 8.62. The normalized spacial score (nSPS) is 10.2. The maximum absolute atomic E-state index is 10.8. The highest BCUT2D eigenvalue weighted by Gasteiger charge is 2.14. The summed E-state index contributed by atoms with van der Waals surface area (Å²) in [5.74, 6) is 0.361. The predicted octanol–water partition coefficient (Wildman–Crippen LogP) is 0.394. The zero-order valence-electron chi connectivity index (χ0n) is 10.1. The molecule has 1 aromatic carbocycles. The van der Waals surface area contributed by atoms with Crippen molar-refractivity contribution < 1.29 is 19.9 Å². The maximum atomic E-state index is 10.8. The Labute approximate surface area is 104 Å². The van der Waals surface area contributed by atoms with Crippen LogP contribution in [-0.4, -0.2) is 48.5 Å². The van der Waals surface area contributed by atoms with E-state index in [9.17, 15) is 10.1 Å². The number of methoxy groups -OCH3 is 1. The Morgan fingerprint density at radius 3 is 2.33 bits per heavy atom. The fourth-order valence-electron chi connectivity index (χ4n) is 1.59. The molecule has 0 amide bonds. The van der Waals surface area contributed by atoms with E-state index in [1.807, 2.05) is 0 Å². The number of hydrogen-bond acceptors (Lipinski definition) is 6. The highest BCUT2D eigenvalue weighted by Crippen LogP contribution is 2.28. The van der Waals surface area contributed by atoms with Crippen LogP contribution in [0.1, 0.15) is 0 Å². The molecule has 0 aliphatic rings. The number of non-ortho nitro benzene ring substituents is 1. The Balaban J connectivity index is 3.11. The monoisotopic (exact) mass is 256 g/mol. The van der Waals surface area contributed by atoms with E-state index in [0.717, 1.165) is 0 Å². The summed E-state index contributed by atoms with van der Waals surface area (Å²) >= 11 is 0. The van der Waals surface area contributed by atoms with Gasteiger partial charge in [-0.3, -0.25) is 10.1 Å². The molecule has 1 aromatic rings. The fraction of sp³-hybridized carbons (Fsp3) is 0.455. The number of rotatable bonds is 7. The summed E-state index contributed by atoms with van der Waals surface area (Å²) in [5, 5.41) is 28.7. The van der Waals surface area contributed by atoms with Gasteiger partial charge >= 0.3 is 0 Å². The molecule has 0 radical (unpaired) electrons. The van der Waals surface area contributed by atoms with Crippen LogP contribution in [-0.2, 0) is 0 Å². The van der Waals surface area contributed by atoms with Crippen molar-refractivity contribution in [2.75, 3.05) is 38.3 Å². The third kappa shape index (κ3) is 3.57. The first-order valence-corrected chi connectivity index (χ1v) is 5.42. The number of anilines is 1. The average molecular weight is 256 g/mol. The van der Waals surface area contributed by atoms with Crippen molar-refractivity contribution in [2.45, 2.75) is 0 Å². The first-order valence-electron chi connectivity index (χ1n) is 5.42. The van der Waals surface area contributed by atoms with E-state index in [0.29, 0.717) is 11.4 Å². The fourth-order valence-corrected chi connectivity index (χ4v) is 1.59. The lowest BCUT2D eigenvalue weighted by Gasteiger charge is -2.23. The minimum atomic E-state index is -0.512. The maximum Gasteiger partial charge on any atom is 0.275 e. The molecule has 100 valence electrons. The number of aliphatic hydroxyl groups excluding tert-OH is 2. The van der Waals surface area contributed by atoms with Crippen molar-refractivity contribution in [3.63, 3.8) is 0 Å². The van der Waals surface area contributed by atoms with Gasteiger partial charge in [0.05, 0.1) is 31.3 Å². The van der Waals surface area contributed by atoms with Crippen LogP contribution in [0.4, 0.5) is 11.4 Å². The van der Waals surface area contributed by atoms with E-state index < -0.39 is 4.92 Å². The Morgan fingerprint density at radius 1 is 1.28 bits per heavy atom. The molecule has 0 spiro atoms. The van der Waals surface area contributed by atoms with Gasteiger partial charge in [0.15, 0.2) is 0 Å². The van der Waals surface area contributed by atoms with Gasteiger partial charge in [-0.1, -0.05) is 0 Å². The van der Waals surface area contributed by atoms with E-state index in [1.165, 1.54) is 19.2 Å². The molecule has 2 N–H and O–H groups in total. The van der Waals surface area contributed by atoms with Gasteiger partial charge in [0.25, 0.3) is 5.69 Å². The van der Waals surface area contributed by atoms with Crippen molar-refractivity contribution in [1.29, 1.82) is 0 Å². The summed E-state index contributed by atoms with van der Waals surface area (Å²) < 4.78 is 5.00. The van der Waals surface area contributed by atoms with Gasteiger partial charge in [-0.25, -0.2) is 0 Å². The quantitative estimate of drug-likeness (QED) is 0.541. The number of aliphatic hydroxyl groups is 2. The standard InChI is InChI=1S/C11H16N2O5/c1-18-11-7-9(6-10(8-11)13(16)17)12(2-4-14)3-5-15/h6-8,14-15H,2-5H2,1H3. The van der Waals surface area contributed by atoms with E-state index in [4.69, 9.17) is 14.9 Å². The van der Waals surface area contributed by atoms with Gasteiger partial charge in [0, 0.05) is 30.9 Å². The van der Waals surface area contributed by atoms with E-state index >= 15 is 0 Å². The summed E-state index contributed by atoms with van der Waals surface area (Å²) in [6.45, 7) is 0.353. The smallest absolute Gasteiger partial charge is 0.275 e. The predicted molar refractivity (Wildman–Crippen MR) is 66.0 cm³/mol. The average Bonchev–Trinajstić information content (AvgIpc) is 2.37. The summed E-state index contributed by atoms with van der Waals surface area (Å²) in [4.78, 5) is 11.9. The molecule has 18 heavy (non-hydrogen) atoms.